The van der Waals surface area contributed by atoms with Crippen LogP contribution in [-0.2, 0) is 0 Å². The normalized spacial score (nSPS) is 24.7. The van der Waals surface area contributed by atoms with Crippen LogP contribution in [0.3, 0.4) is 0 Å². The van der Waals surface area contributed by atoms with Crippen molar-refractivity contribution in [3.05, 3.63) is 29.3 Å². The number of ether oxygens (including phenoxy) is 1. The second kappa shape index (κ2) is 4.23. The molecule has 0 fully saturated rings. The number of nitrogens with two attached hydrogens (primary N) is 1. The van der Waals surface area contributed by atoms with E-state index in [1.165, 1.54) is 17.5 Å². The lowest BCUT2D eigenvalue weighted by Crippen LogP contribution is -2.19. The Hall–Kier alpha value is -1.02. The third kappa shape index (κ3) is 2.00. The Morgan fingerprint density at radius 3 is 2.87 bits per heavy atom. The van der Waals surface area contributed by atoms with Gasteiger partial charge in [-0.3, -0.25) is 0 Å². The topological polar surface area (TPSA) is 35.2 Å². The van der Waals surface area contributed by atoms with E-state index in [-0.39, 0.29) is 6.04 Å². The van der Waals surface area contributed by atoms with E-state index >= 15 is 0 Å². The first-order chi connectivity index (χ1) is 7.22. The molecule has 0 radical (unpaired) electrons. The van der Waals surface area contributed by atoms with Crippen molar-refractivity contribution < 1.29 is 4.74 Å². The van der Waals surface area contributed by atoms with Crippen LogP contribution < -0.4 is 10.5 Å². The zero-order valence-electron chi connectivity index (χ0n) is 9.49. The molecular formula is C13H19NO. The van der Waals surface area contributed by atoms with Gasteiger partial charge >= 0.3 is 0 Å². The van der Waals surface area contributed by atoms with Crippen molar-refractivity contribution in [3.63, 3.8) is 0 Å². The second-order valence-corrected chi connectivity index (χ2v) is 4.31. The number of rotatable bonds is 2. The molecule has 0 aliphatic heterocycles. The first-order valence-corrected chi connectivity index (χ1v) is 5.74. The third-order valence-electron chi connectivity index (χ3n) is 3.21. The summed E-state index contributed by atoms with van der Waals surface area (Å²) in [4.78, 5) is 0. The highest BCUT2D eigenvalue weighted by atomic mass is 16.5. The summed E-state index contributed by atoms with van der Waals surface area (Å²) in [6.45, 7) is 4.98. The van der Waals surface area contributed by atoms with Gasteiger partial charge in [-0.05, 0) is 48.9 Å². The standard InChI is InChI=1S/C13H19NO/c1-3-15-10-5-6-11-9(2)4-7-13(14)12(11)8-10/h5-6,8-9,13H,3-4,7,14H2,1-2H3/t9?,13-/m1/s1. The lowest BCUT2D eigenvalue weighted by Gasteiger charge is -2.27. The zero-order valence-corrected chi connectivity index (χ0v) is 9.49. The molecular weight excluding hydrogens is 186 g/mol. The molecule has 0 bridgehead atoms. The average molecular weight is 205 g/mol. The van der Waals surface area contributed by atoms with Gasteiger partial charge in [-0.2, -0.15) is 0 Å². The van der Waals surface area contributed by atoms with Crippen molar-refractivity contribution in [3.8, 4) is 5.75 Å². The fraction of sp³-hybridized carbons (Fsp3) is 0.538. The van der Waals surface area contributed by atoms with Gasteiger partial charge in [0, 0.05) is 6.04 Å². The molecule has 0 heterocycles. The molecule has 2 atom stereocenters. The highest BCUT2D eigenvalue weighted by molar-refractivity contribution is 5.40. The molecule has 2 nitrogen and oxygen atoms in total. The predicted octanol–water partition coefficient (Wildman–Crippen LogP) is 2.98. The minimum atomic E-state index is 0.191. The maximum absolute atomic E-state index is 6.12. The minimum Gasteiger partial charge on any atom is -0.494 e. The molecule has 1 aromatic carbocycles. The summed E-state index contributed by atoms with van der Waals surface area (Å²) < 4.78 is 5.50. The summed E-state index contributed by atoms with van der Waals surface area (Å²) in [6, 6.07) is 6.52. The quantitative estimate of drug-likeness (QED) is 0.805. The first-order valence-electron chi connectivity index (χ1n) is 5.74. The van der Waals surface area contributed by atoms with Crippen molar-refractivity contribution in [1.29, 1.82) is 0 Å². The van der Waals surface area contributed by atoms with Crippen molar-refractivity contribution in [2.45, 2.75) is 38.6 Å². The van der Waals surface area contributed by atoms with Gasteiger partial charge in [0.25, 0.3) is 0 Å². The molecule has 82 valence electrons. The molecule has 0 spiro atoms. The Morgan fingerprint density at radius 2 is 2.13 bits per heavy atom. The smallest absolute Gasteiger partial charge is 0.119 e. The molecule has 1 aliphatic rings. The average Bonchev–Trinajstić information content (AvgIpc) is 2.24. The Kier molecular flexibility index (Phi) is 2.96. The van der Waals surface area contributed by atoms with Crippen molar-refractivity contribution in [1.82, 2.24) is 0 Å². The molecule has 2 N–H and O–H groups in total. The van der Waals surface area contributed by atoms with E-state index in [0.717, 1.165) is 12.2 Å². The monoisotopic (exact) mass is 205 g/mol. The zero-order chi connectivity index (χ0) is 10.8. The van der Waals surface area contributed by atoms with E-state index in [2.05, 4.69) is 25.1 Å². The van der Waals surface area contributed by atoms with E-state index in [0.29, 0.717) is 12.5 Å². The highest BCUT2D eigenvalue weighted by Gasteiger charge is 2.22. The summed E-state index contributed by atoms with van der Waals surface area (Å²) in [7, 11) is 0. The molecule has 0 aromatic heterocycles. The summed E-state index contributed by atoms with van der Waals surface area (Å²) in [5.41, 5.74) is 8.80. The van der Waals surface area contributed by atoms with Gasteiger partial charge in [-0.15, -0.1) is 0 Å². The van der Waals surface area contributed by atoms with Gasteiger partial charge in [0.05, 0.1) is 6.61 Å². The molecule has 2 rings (SSSR count). The highest BCUT2D eigenvalue weighted by Crippen LogP contribution is 2.37. The van der Waals surface area contributed by atoms with Crippen molar-refractivity contribution >= 4 is 0 Å². The van der Waals surface area contributed by atoms with Gasteiger partial charge < -0.3 is 10.5 Å². The van der Waals surface area contributed by atoms with Gasteiger partial charge in [-0.1, -0.05) is 13.0 Å². The van der Waals surface area contributed by atoms with E-state index in [1.54, 1.807) is 0 Å². The van der Waals surface area contributed by atoms with E-state index in [9.17, 15) is 0 Å². The summed E-state index contributed by atoms with van der Waals surface area (Å²) in [5.74, 6) is 1.58. The molecule has 1 unspecified atom stereocenters. The van der Waals surface area contributed by atoms with Gasteiger partial charge in [0.1, 0.15) is 5.75 Å². The van der Waals surface area contributed by atoms with E-state index in [4.69, 9.17) is 10.5 Å². The molecule has 2 heteroatoms. The lowest BCUT2D eigenvalue weighted by molar-refractivity contribution is 0.338. The van der Waals surface area contributed by atoms with Crippen LogP contribution >= 0.6 is 0 Å². The fourth-order valence-corrected chi connectivity index (χ4v) is 2.32. The van der Waals surface area contributed by atoms with Crippen LogP contribution in [0.15, 0.2) is 18.2 Å². The van der Waals surface area contributed by atoms with Gasteiger partial charge in [-0.25, -0.2) is 0 Å². The number of benzene rings is 1. The Bertz CT molecular complexity index is 348. The molecule has 15 heavy (non-hydrogen) atoms. The van der Waals surface area contributed by atoms with Crippen LogP contribution in [-0.4, -0.2) is 6.61 Å². The molecule has 1 aromatic rings. The largest absolute Gasteiger partial charge is 0.494 e. The van der Waals surface area contributed by atoms with Gasteiger partial charge in [0.15, 0.2) is 0 Å². The van der Waals surface area contributed by atoms with Crippen LogP contribution in [0.2, 0.25) is 0 Å². The van der Waals surface area contributed by atoms with Crippen LogP contribution in [0, 0.1) is 0 Å². The number of fused-ring (bicyclic) bond motifs is 1. The Balaban J connectivity index is 2.36. The molecule has 0 saturated carbocycles. The predicted molar refractivity (Wildman–Crippen MR) is 62.2 cm³/mol. The fourth-order valence-electron chi connectivity index (χ4n) is 2.32. The molecule has 0 amide bonds. The maximum atomic E-state index is 6.12. The van der Waals surface area contributed by atoms with Crippen molar-refractivity contribution in [2.75, 3.05) is 6.61 Å². The second-order valence-electron chi connectivity index (χ2n) is 4.31. The first kappa shape index (κ1) is 10.5. The Labute approximate surface area is 91.4 Å². The summed E-state index contributed by atoms with van der Waals surface area (Å²) in [6.07, 6.45) is 2.28. The SMILES string of the molecule is CCOc1ccc2c(c1)[C@H](N)CCC2C. The van der Waals surface area contributed by atoms with Gasteiger partial charge in [0.2, 0.25) is 0 Å². The molecule has 1 aliphatic carbocycles. The maximum Gasteiger partial charge on any atom is 0.119 e. The number of hydrogen-bond acceptors (Lipinski definition) is 2. The molecule has 0 saturated heterocycles. The number of hydrogen-bond donors (Lipinski definition) is 1. The minimum absolute atomic E-state index is 0.191. The Morgan fingerprint density at radius 1 is 1.33 bits per heavy atom. The lowest BCUT2D eigenvalue weighted by atomic mass is 9.81. The van der Waals surface area contributed by atoms with Crippen LogP contribution in [0.5, 0.6) is 5.75 Å². The third-order valence-corrected chi connectivity index (χ3v) is 3.21. The summed E-state index contributed by atoms with van der Waals surface area (Å²) in [5, 5.41) is 0. The van der Waals surface area contributed by atoms with E-state index in [1.807, 2.05) is 6.92 Å². The van der Waals surface area contributed by atoms with E-state index < -0.39 is 0 Å². The van der Waals surface area contributed by atoms with Crippen LogP contribution in [0.1, 0.15) is 49.8 Å². The van der Waals surface area contributed by atoms with Crippen molar-refractivity contribution in [2.24, 2.45) is 5.73 Å². The van der Waals surface area contributed by atoms with Crippen LogP contribution in [0.4, 0.5) is 0 Å². The summed E-state index contributed by atoms with van der Waals surface area (Å²) >= 11 is 0. The van der Waals surface area contributed by atoms with Crippen LogP contribution in [0.25, 0.3) is 0 Å².